The predicted molar refractivity (Wildman–Crippen MR) is 59.6 cm³/mol. The average Bonchev–Trinajstić information content (AvgIpc) is 2.75. The van der Waals surface area contributed by atoms with Crippen molar-refractivity contribution in [2.24, 2.45) is 5.73 Å². The largest absolute Gasteiger partial charge is 0.339 e. The van der Waals surface area contributed by atoms with Crippen molar-refractivity contribution in [3.8, 4) is 11.4 Å². The van der Waals surface area contributed by atoms with Crippen LogP contribution < -0.4 is 5.73 Å². The van der Waals surface area contributed by atoms with E-state index in [4.69, 9.17) is 10.3 Å². The summed E-state index contributed by atoms with van der Waals surface area (Å²) in [7, 11) is 0. The van der Waals surface area contributed by atoms with E-state index in [-0.39, 0.29) is 0 Å². The lowest BCUT2D eigenvalue weighted by Gasteiger charge is -1.97. The van der Waals surface area contributed by atoms with Crippen LogP contribution in [0.15, 0.2) is 23.0 Å². The number of nitrogens with two attached hydrogens (primary N) is 1. The van der Waals surface area contributed by atoms with Gasteiger partial charge < -0.3 is 10.3 Å². The average molecular weight is 218 g/mol. The Hall–Kier alpha value is -1.75. The van der Waals surface area contributed by atoms with Crippen LogP contribution in [0.3, 0.4) is 0 Å². The van der Waals surface area contributed by atoms with Gasteiger partial charge in [-0.2, -0.15) is 4.98 Å². The van der Waals surface area contributed by atoms with Crippen LogP contribution >= 0.6 is 0 Å². The maximum Gasteiger partial charge on any atom is 0.227 e. The molecule has 0 atom stereocenters. The first-order valence-corrected chi connectivity index (χ1v) is 5.25. The van der Waals surface area contributed by atoms with Crippen LogP contribution in [-0.4, -0.2) is 21.7 Å². The molecule has 0 fully saturated rings. The Kier molecular flexibility index (Phi) is 3.26. The molecule has 0 aromatic carbocycles. The molecule has 2 heterocycles. The molecular weight excluding hydrogens is 204 g/mol. The summed E-state index contributed by atoms with van der Waals surface area (Å²) in [5.74, 6) is 1.22. The first-order chi connectivity index (χ1) is 7.81. The minimum atomic E-state index is 0.595. The third kappa shape index (κ3) is 2.25. The highest BCUT2D eigenvalue weighted by atomic mass is 16.5. The zero-order chi connectivity index (χ0) is 11.4. The molecule has 0 saturated heterocycles. The molecule has 5 nitrogen and oxygen atoms in total. The summed E-state index contributed by atoms with van der Waals surface area (Å²) in [6.45, 7) is 2.62. The molecule has 16 heavy (non-hydrogen) atoms. The summed E-state index contributed by atoms with van der Waals surface area (Å²) < 4.78 is 5.13. The minimum Gasteiger partial charge on any atom is -0.339 e. The van der Waals surface area contributed by atoms with Crippen molar-refractivity contribution in [2.75, 3.05) is 6.54 Å². The van der Waals surface area contributed by atoms with E-state index in [9.17, 15) is 0 Å². The molecule has 2 aromatic heterocycles. The molecule has 2 rings (SSSR count). The van der Waals surface area contributed by atoms with Crippen molar-refractivity contribution in [2.45, 2.75) is 19.8 Å². The van der Waals surface area contributed by atoms with Gasteiger partial charge in [0.05, 0.1) is 0 Å². The Morgan fingerprint density at radius 1 is 1.44 bits per heavy atom. The van der Waals surface area contributed by atoms with E-state index in [2.05, 4.69) is 15.1 Å². The van der Waals surface area contributed by atoms with Gasteiger partial charge in [-0.3, -0.25) is 4.98 Å². The molecule has 5 heteroatoms. The lowest BCUT2D eigenvalue weighted by atomic mass is 10.1. The molecule has 84 valence electrons. The summed E-state index contributed by atoms with van der Waals surface area (Å²) in [5, 5.41) is 3.93. The van der Waals surface area contributed by atoms with E-state index in [0.29, 0.717) is 18.3 Å². The Balaban J connectivity index is 2.22. The van der Waals surface area contributed by atoms with Crippen LogP contribution in [0.25, 0.3) is 11.4 Å². The van der Waals surface area contributed by atoms with Crippen LogP contribution in [-0.2, 0) is 6.42 Å². The lowest BCUT2D eigenvalue weighted by molar-refractivity contribution is 0.376. The second kappa shape index (κ2) is 4.85. The Morgan fingerprint density at radius 3 is 3.06 bits per heavy atom. The van der Waals surface area contributed by atoms with E-state index >= 15 is 0 Å². The monoisotopic (exact) mass is 218 g/mol. The van der Waals surface area contributed by atoms with Crippen molar-refractivity contribution >= 4 is 0 Å². The van der Waals surface area contributed by atoms with E-state index in [1.807, 2.05) is 13.0 Å². The maximum absolute atomic E-state index is 5.42. The Bertz CT molecular complexity index is 467. The first-order valence-electron chi connectivity index (χ1n) is 5.25. The summed E-state index contributed by atoms with van der Waals surface area (Å²) >= 11 is 0. The van der Waals surface area contributed by atoms with Crippen molar-refractivity contribution in [3.63, 3.8) is 0 Å². The highest BCUT2D eigenvalue weighted by Crippen LogP contribution is 2.18. The van der Waals surface area contributed by atoms with Crippen molar-refractivity contribution in [1.29, 1.82) is 0 Å². The highest BCUT2D eigenvalue weighted by molar-refractivity contribution is 5.57. The molecule has 0 amide bonds. The van der Waals surface area contributed by atoms with Crippen LogP contribution in [0.2, 0.25) is 0 Å². The van der Waals surface area contributed by atoms with Crippen molar-refractivity contribution < 1.29 is 4.52 Å². The van der Waals surface area contributed by atoms with E-state index in [0.717, 1.165) is 24.0 Å². The molecular formula is C11H14N4O. The number of nitrogens with zero attached hydrogens (tertiary/aromatic N) is 3. The van der Waals surface area contributed by atoms with Gasteiger partial charge in [0.2, 0.25) is 11.7 Å². The predicted octanol–water partition coefficient (Wildman–Crippen LogP) is 1.33. The maximum atomic E-state index is 5.42. The van der Waals surface area contributed by atoms with Crippen LogP contribution in [0.5, 0.6) is 0 Å². The summed E-state index contributed by atoms with van der Waals surface area (Å²) in [5.41, 5.74) is 7.41. The summed E-state index contributed by atoms with van der Waals surface area (Å²) in [6.07, 6.45) is 5.07. The second-order valence-corrected chi connectivity index (χ2v) is 3.59. The van der Waals surface area contributed by atoms with Crippen LogP contribution in [0, 0.1) is 6.92 Å². The molecule has 0 unspecified atom stereocenters. The van der Waals surface area contributed by atoms with E-state index in [1.54, 1.807) is 12.4 Å². The van der Waals surface area contributed by atoms with E-state index in [1.165, 1.54) is 0 Å². The normalized spacial score (nSPS) is 10.6. The highest BCUT2D eigenvalue weighted by Gasteiger charge is 2.10. The van der Waals surface area contributed by atoms with Gasteiger partial charge in [-0.15, -0.1) is 0 Å². The number of aromatic nitrogens is 3. The fourth-order valence-corrected chi connectivity index (χ4v) is 1.42. The number of rotatable bonds is 4. The molecule has 0 radical (unpaired) electrons. The van der Waals surface area contributed by atoms with Gasteiger partial charge in [0.15, 0.2) is 0 Å². The summed E-state index contributed by atoms with van der Waals surface area (Å²) in [4.78, 5) is 8.36. The number of aryl methyl sites for hydroxylation is 2. The zero-order valence-electron chi connectivity index (χ0n) is 9.18. The van der Waals surface area contributed by atoms with Gasteiger partial charge in [0.25, 0.3) is 0 Å². The quantitative estimate of drug-likeness (QED) is 0.837. The molecule has 0 aliphatic rings. The standard InChI is InChI=1S/C11H14N4O/c1-8-4-6-13-7-9(8)11-14-10(16-15-11)3-2-5-12/h4,6-7H,2-3,5,12H2,1H3. The number of hydrogen-bond acceptors (Lipinski definition) is 5. The van der Waals surface area contributed by atoms with Gasteiger partial charge in [-0.1, -0.05) is 5.16 Å². The summed E-state index contributed by atoms with van der Waals surface area (Å²) in [6, 6.07) is 1.92. The number of hydrogen-bond donors (Lipinski definition) is 1. The van der Waals surface area contributed by atoms with Gasteiger partial charge in [-0.25, -0.2) is 0 Å². The first kappa shape index (κ1) is 10.8. The minimum absolute atomic E-state index is 0.595. The SMILES string of the molecule is Cc1ccncc1-c1noc(CCCN)n1. The molecule has 2 N–H and O–H groups in total. The van der Waals surface area contributed by atoms with Gasteiger partial charge >= 0.3 is 0 Å². The Labute approximate surface area is 93.7 Å². The number of pyridine rings is 1. The fraction of sp³-hybridized carbons (Fsp3) is 0.364. The molecule has 0 aliphatic carbocycles. The molecule has 0 spiro atoms. The third-order valence-electron chi connectivity index (χ3n) is 2.34. The van der Waals surface area contributed by atoms with Crippen LogP contribution in [0.1, 0.15) is 17.9 Å². The van der Waals surface area contributed by atoms with E-state index < -0.39 is 0 Å². The lowest BCUT2D eigenvalue weighted by Crippen LogP contribution is -2.00. The van der Waals surface area contributed by atoms with Gasteiger partial charge in [0, 0.05) is 24.4 Å². The molecule has 2 aromatic rings. The van der Waals surface area contributed by atoms with Crippen molar-refractivity contribution in [1.82, 2.24) is 15.1 Å². The smallest absolute Gasteiger partial charge is 0.227 e. The van der Waals surface area contributed by atoms with Crippen LogP contribution in [0.4, 0.5) is 0 Å². The topological polar surface area (TPSA) is 77.8 Å². The van der Waals surface area contributed by atoms with Gasteiger partial charge in [0.1, 0.15) is 0 Å². The zero-order valence-corrected chi connectivity index (χ0v) is 9.18. The molecule has 0 aliphatic heterocycles. The second-order valence-electron chi connectivity index (χ2n) is 3.59. The third-order valence-corrected chi connectivity index (χ3v) is 2.34. The van der Waals surface area contributed by atoms with Gasteiger partial charge in [-0.05, 0) is 31.5 Å². The fourth-order valence-electron chi connectivity index (χ4n) is 1.42. The Morgan fingerprint density at radius 2 is 2.31 bits per heavy atom. The van der Waals surface area contributed by atoms with Crippen molar-refractivity contribution in [3.05, 3.63) is 29.9 Å². The molecule has 0 bridgehead atoms. The molecule has 0 saturated carbocycles.